The fraction of sp³-hybridized carbons (Fsp3) is 0.267. The van der Waals surface area contributed by atoms with Crippen molar-refractivity contribution in [3.8, 4) is 5.75 Å². The maximum absolute atomic E-state index is 11.2. The molecule has 0 amide bonds. The zero-order chi connectivity index (χ0) is 13.1. The van der Waals surface area contributed by atoms with Gasteiger partial charge in [0.25, 0.3) is 0 Å². The topological polar surface area (TPSA) is 26.3 Å². The van der Waals surface area contributed by atoms with E-state index >= 15 is 0 Å². The van der Waals surface area contributed by atoms with Crippen LogP contribution in [0.25, 0.3) is 6.08 Å². The van der Waals surface area contributed by atoms with E-state index < -0.39 is 5.97 Å². The van der Waals surface area contributed by atoms with Gasteiger partial charge in [0.1, 0.15) is 5.75 Å². The summed E-state index contributed by atoms with van der Waals surface area (Å²) < 4.78 is 5.12. The molecule has 0 fully saturated rings. The number of carbonyl (C=O) groups is 1. The smallest absolute Gasteiger partial charge is 0.335 e. The molecule has 2 nitrogen and oxygen atoms in total. The molecule has 0 bridgehead atoms. The number of ether oxygens (including phenoxy) is 1. The third-order valence-corrected chi connectivity index (χ3v) is 2.47. The van der Waals surface area contributed by atoms with E-state index in [1.807, 2.05) is 12.1 Å². The Morgan fingerprint density at radius 3 is 2.41 bits per heavy atom. The van der Waals surface area contributed by atoms with E-state index in [1.54, 1.807) is 12.1 Å². The lowest BCUT2D eigenvalue weighted by Crippen LogP contribution is -2.12. The summed E-state index contributed by atoms with van der Waals surface area (Å²) >= 11 is 0. The van der Waals surface area contributed by atoms with E-state index in [0.717, 1.165) is 11.6 Å². The van der Waals surface area contributed by atoms with Crippen LogP contribution in [0, 0.1) is 0 Å². The molecule has 2 heteroatoms. The molecule has 0 N–H and O–H groups in total. The predicted octanol–water partition coefficient (Wildman–Crippen LogP) is 3.72. The average Bonchev–Trinajstić information content (AvgIpc) is 2.27. The van der Waals surface area contributed by atoms with Crippen LogP contribution >= 0.6 is 0 Å². The highest BCUT2D eigenvalue weighted by atomic mass is 16.5. The Morgan fingerprint density at radius 1 is 1.29 bits per heavy atom. The van der Waals surface area contributed by atoms with Crippen LogP contribution in [-0.2, 0) is 10.2 Å². The van der Waals surface area contributed by atoms with Crippen molar-refractivity contribution >= 4 is 12.0 Å². The van der Waals surface area contributed by atoms with Gasteiger partial charge in [-0.15, -0.1) is 0 Å². The van der Waals surface area contributed by atoms with Gasteiger partial charge in [-0.05, 0) is 23.1 Å². The summed E-state index contributed by atoms with van der Waals surface area (Å²) in [7, 11) is 0. The number of carbonyl (C=O) groups excluding carboxylic acids is 1. The Labute approximate surface area is 103 Å². The van der Waals surface area contributed by atoms with Crippen molar-refractivity contribution in [2.45, 2.75) is 26.2 Å². The lowest BCUT2D eigenvalue weighted by Gasteiger charge is -2.20. The summed E-state index contributed by atoms with van der Waals surface area (Å²) in [6, 6.07) is 5.73. The molecule has 0 aliphatic heterocycles. The van der Waals surface area contributed by atoms with Gasteiger partial charge in [-0.1, -0.05) is 46.1 Å². The normalized spacial score (nSPS) is 10.8. The average molecular weight is 230 g/mol. The van der Waals surface area contributed by atoms with Gasteiger partial charge >= 0.3 is 5.97 Å². The van der Waals surface area contributed by atoms with Gasteiger partial charge in [0.15, 0.2) is 0 Å². The van der Waals surface area contributed by atoms with Crippen LogP contribution in [0.1, 0.15) is 31.9 Å². The van der Waals surface area contributed by atoms with Gasteiger partial charge in [0.05, 0.1) is 0 Å². The summed E-state index contributed by atoms with van der Waals surface area (Å²) in [6.45, 7) is 13.5. The summed E-state index contributed by atoms with van der Waals surface area (Å²) in [5.41, 5.74) is 2.04. The predicted molar refractivity (Wildman–Crippen MR) is 71.1 cm³/mol. The Bertz CT molecular complexity index is 450. The number of hydrogen-bond acceptors (Lipinski definition) is 2. The lowest BCUT2D eigenvalue weighted by molar-refractivity contribution is -0.128. The van der Waals surface area contributed by atoms with Crippen LogP contribution in [0.15, 0.2) is 37.4 Å². The van der Waals surface area contributed by atoms with Gasteiger partial charge in [-0.2, -0.15) is 0 Å². The molecule has 1 aromatic carbocycles. The molecule has 0 atom stereocenters. The molecule has 0 aliphatic rings. The molecule has 90 valence electrons. The van der Waals surface area contributed by atoms with Crippen molar-refractivity contribution < 1.29 is 9.53 Å². The summed E-state index contributed by atoms with van der Waals surface area (Å²) in [5.74, 6) is 0.0505. The highest BCUT2D eigenvalue weighted by molar-refractivity contribution is 5.84. The van der Waals surface area contributed by atoms with E-state index in [1.165, 1.54) is 5.56 Å². The lowest BCUT2D eigenvalue weighted by atomic mass is 9.86. The molecule has 0 radical (unpaired) electrons. The molecule has 0 unspecified atom stereocenters. The van der Waals surface area contributed by atoms with Crippen molar-refractivity contribution in [2.24, 2.45) is 0 Å². The van der Waals surface area contributed by atoms with E-state index in [9.17, 15) is 4.79 Å². The Kier molecular flexibility index (Phi) is 3.89. The number of hydrogen-bond donors (Lipinski definition) is 0. The van der Waals surface area contributed by atoms with Crippen molar-refractivity contribution in [1.82, 2.24) is 0 Å². The first-order valence-electron chi connectivity index (χ1n) is 5.49. The molecule has 0 saturated heterocycles. The first-order valence-corrected chi connectivity index (χ1v) is 5.49. The van der Waals surface area contributed by atoms with Gasteiger partial charge in [-0.25, -0.2) is 4.79 Å². The zero-order valence-corrected chi connectivity index (χ0v) is 10.6. The van der Waals surface area contributed by atoms with E-state index in [0.29, 0.717) is 5.75 Å². The van der Waals surface area contributed by atoms with E-state index in [4.69, 9.17) is 4.74 Å². The van der Waals surface area contributed by atoms with Crippen LogP contribution in [0.4, 0.5) is 0 Å². The molecule has 1 aromatic rings. The van der Waals surface area contributed by atoms with E-state index in [-0.39, 0.29) is 5.41 Å². The summed E-state index contributed by atoms with van der Waals surface area (Å²) in [4.78, 5) is 11.2. The standard InChI is InChI=1S/C15H18O2/c1-6-11-10-12(15(3,4)5)8-9-13(11)17-14(16)7-2/h6-10H,1-2H2,3-5H3. The third kappa shape index (κ3) is 3.31. The van der Waals surface area contributed by atoms with Crippen LogP contribution < -0.4 is 4.74 Å². The molecule has 17 heavy (non-hydrogen) atoms. The third-order valence-electron chi connectivity index (χ3n) is 2.47. The second-order valence-corrected chi connectivity index (χ2v) is 4.83. The minimum Gasteiger partial charge on any atom is -0.423 e. The Morgan fingerprint density at radius 2 is 1.94 bits per heavy atom. The first kappa shape index (κ1) is 13.2. The SMILES string of the molecule is C=CC(=O)Oc1ccc(C(C)(C)C)cc1C=C. The Balaban J connectivity index is 3.14. The number of rotatable bonds is 3. The second kappa shape index (κ2) is 5.00. The number of esters is 1. The van der Waals surface area contributed by atoms with Gasteiger partial charge < -0.3 is 4.74 Å². The minimum atomic E-state index is -0.461. The minimum absolute atomic E-state index is 0.0543. The molecule has 1 rings (SSSR count). The van der Waals surface area contributed by atoms with Crippen molar-refractivity contribution in [3.05, 3.63) is 48.6 Å². The molecule has 0 saturated carbocycles. The second-order valence-electron chi connectivity index (χ2n) is 4.83. The summed E-state index contributed by atoms with van der Waals surface area (Å²) in [6.07, 6.45) is 2.82. The largest absolute Gasteiger partial charge is 0.423 e. The van der Waals surface area contributed by atoms with Crippen LogP contribution in [-0.4, -0.2) is 5.97 Å². The van der Waals surface area contributed by atoms with Gasteiger partial charge in [0, 0.05) is 11.6 Å². The zero-order valence-electron chi connectivity index (χ0n) is 10.6. The van der Waals surface area contributed by atoms with Gasteiger partial charge in [-0.3, -0.25) is 0 Å². The molecule has 0 heterocycles. The van der Waals surface area contributed by atoms with Crippen LogP contribution in [0.3, 0.4) is 0 Å². The summed E-state index contributed by atoms with van der Waals surface area (Å²) in [5, 5.41) is 0. The van der Waals surface area contributed by atoms with Crippen molar-refractivity contribution in [2.75, 3.05) is 0 Å². The van der Waals surface area contributed by atoms with Crippen LogP contribution in [0.5, 0.6) is 5.75 Å². The van der Waals surface area contributed by atoms with Crippen molar-refractivity contribution in [3.63, 3.8) is 0 Å². The quantitative estimate of drug-likeness (QED) is 0.449. The highest BCUT2D eigenvalue weighted by Crippen LogP contribution is 2.28. The molecular weight excluding hydrogens is 212 g/mol. The fourth-order valence-corrected chi connectivity index (χ4v) is 1.42. The molecule has 0 spiro atoms. The molecule has 0 aromatic heterocycles. The first-order chi connectivity index (χ1) is 7.88. The van der Waals surface area contributed by atoms with Gasteiger partial charge in [0.2, 0.25) is 0 Å². The Hall–Kier alpha value is -1.83. The maximum atomic E-state index is 11.2. The molecule has 0 aliphatic carbocycles. The molecular formula is C15H18O2. The fourth-order valence-electron chi connectivity index (χ4n) is 1.42. The van der Waals surface area contributed by atoms with Crippen LogP contribution in [0.2, 0.25) is 0 Å². The maximum Gasteiger partial charge on any atom is 0.335 e. The highest BCUT2D eigenvalue weighted by Gasteiger charge is 2.15. The van der Waals surface area contributed by atoms with E-state index in [2.05, 4.69) is 33.9 Å². The number of benzene rings is 1. The van der Waals surface area contributed by atoms with Crippen molar-refractivity contribution in [1.29, 1.82) is 0 Å². The monoisotopic (exact) mass is 230 g/mol.